The molecule has 0 spiro atoms. The van der Waals surface area contributed by atoms with Gasteiger partial charge in [0.05, 0.1) is 11.8 Å². The summed E-state index contributed by atoms with van der Waals surface area (Å²) in [6.07, 6.45) is 0.191. The Bertz CT molecular complexity index is 420. The van der Waals surface area contributed by atoms with E-state index in [1.165, 1.54) is 0 Å². The Hall–Kier alpha value is -1.36. The lowest BCUT2D eigenvalue weighted by Crippen LogP contribution is -2.54. The molecule has 0 bridgehead atoms. The summed E-state index contributed by atoms with van der Waals surface area (Å²) in [4.78, 5) is 13.9. The molecule has 1 aromatic heterocycles. The molecule has 1 fully saturated rings. The molecule has 1 aliphatic rings. The van der Waals surface area contributed by atoms with Gasteiger partial charge in [-0.05, 0) is 12.0 Å². The van der Waals surface area contributed by atoms with Crippen LogP contribution in [0.5, 0.6) is 0 Å². The Morgan fingerprint density at radius 3 is 2.42 bits per heavy atom. The third kappa shape index (κ3) is 3.35. The molecule has 1 aliphatic heterocycles. The van der Waals surface area contributed by atoms with Crippen molar-refractivity contribution in [2.75, 3.05) is 20.2 Å². The highest BCUT2D eigenvalue weighted by Crippen LogP contribution is 2.18. The van der Waals surface area contributed by atoms with Crippen LogP contribution >= 0.6 is 0 Å². The maximum atomic E-state index is 12.2. The van der Waals surface area contributed by atoms with Crippen LogP contribution in [-0.2, 0) is 11.8 Å². The van der Waals surface area contributed by atoms with E-state index < -0.39 is 0 Å². The molecule has 2 rings (SSSR count). The Balaban J connectivity index is 0.000000861. The van der Waals surface area contributed by atoms with Crippen LogP contribution in [0.3, 0.4) is 0 Å². The van der Waals surface area contributed by atoms with E-state index in [0.717, 1.165) is 5.69 Å². The van der Waals surface area contributed by atoms with Gasteiger partial charge in [-0.2, -0.15) is 5.10 Å². The van der Waals surface area contributed by atoms with E-state index in [4.69, 9.17) is 4.74 Å². The summed E-state index contributed by atoms with van der Waals surface area (Å²) in [5, 5.41) is 4.35. The van der Waals surface area contributed by atoms with Crippen molar-refractivity contribution in [2.45, 2.75) is 39.7 Å². The molecular weight excluding hydrogens is 242 g/mol. The maximum absolute atomic E-state index is 12.2. The number of aryl methyl sites for hydroxylation is 1. The summed E-state index contributed by atoms with van der Waals surface area (Å²) in [5.74, 6) is 0.381. The van der Waals surface area contributed by atoms with Gasteiger partial charge in [0.1, 0.15) is 5.69 Å². The number of carbonyl (C=O) groups is 1. The van der Waals surface area contributed by atoms with E-state index in [-0.39, 0.29) is 12.0 Å². The average molecular weight is 267 g/mol. The fourth-order valence-corrected chi connectivity index (χ4v) is 1.89. The zero-order valence-electron chi connectivity index (χ0n) is 12.8. The molecule has 2 heterocycles. The zero-order valence-corrected chi connectivity index (χ0v) is 12.8. The van der Waals surface area contributed by atoms with Gasteiger partial charge in [-0.1, -0.05) is 27.7 Å². The van der Waals surface area contributed by atoms with Gasteiger partial charge in [-0.3, -0.25) is 9.48 Å². The topological polar surface area (TPSA) is 47.4 Å². The first-order chi connectivity index (χ1) is 9.02. The van der Waals surface area contributed by atoms with E-state index in [1.54, 1.807) is 16.7 Å². The number of rotatable bonds is 3. The molecule has 19 heavy (non-hydrogen) atoms. The van der Waals surface area contributed by atoms with Crippen molar-refractivity contribution in [3.05, 3.63) is 17.5 Å². The molecule has 108 valence electrons. The van der Waals surface area contributed by atoms with Gasteiger partial charge in [0.2, 0.25) is 0 Å². The van der Waals surface area contributed by atoms with Crippen molar-refractivity contribution < 1.29 is 9.53 Å². The largest absolute Gasteiger partial charge is 0.378 e. The highest BCUT2D eigenvalue weighted by molar-refractivity contribution is 5.93. The summed E-state index contributed by atoms with van der Waals surface area (Å²) < 4.78 is 6.82. The fourth-order valence-electron chi connectivity index (χ4n) is 1.89. The van der Waals surface area contributed by atoms with Crippen LogP contribution in [0.25, 0.3) is 0 Å². The number of methoxy groups -OCH3 is 1. The molecule has 0 saturated carbocycles. The SMILES string of the molecule is CC.COC1CN(C(=O)c2cc(C(C)C)nn2C)C1. The van der Waals surface area contributed by atoms with Gasteiger partial charge < -0.3 is 9.64 Å². The molecule has 0 N–H and O–H groups in total. The lowest BCUT2D eigenvalue weighted by atomic mass is 10.1. The molecule has 0 radical (unpaired) electrons. The average Bonchev–Trinajstić information content (AvgIpc) is 2.72. The normalized spacial score (nSPS) is 15.0. The first-order valence-corrected chi connectivity index (χ1v) is 6.89. The van der Waals surface area contributed by atoms with Crippen molar-refractivity contribution in [1.29, 1.82) is 0 Å². The molecule has 0 aromatic carbocycles. The number of amides is 1. The second-order valence-electron chi connectivity index (χ2n) is 4.80. The predicted octanol–water partition coefficient (Wildman–Crippen LogP) is 2.04. The number of carbonyl (C=O) groups excluding carboxylic acids is 1. The van der Waals surface area contributed by atoms with Crippen molar-refractivity contribution in [1.82, 2.24) is 14.7 Å². The summed E-state index contributed by atoms with van der Waals surface area (Å²) >= 11 is 0. The molecule has 5 nitrogen and oxygen atoms in total. The molecular formula is C14H25N3O2. The molecule has 0 atom stereocenters. The van der Waals surface area contributed by atoms with Crippen LogP contribution in [0, 0.1) is 0 Å². The lowest BCUT2D eigenvalue weighted by molar-refractivity contribution is -0.0197. The fraction of sp³-hybridized carbons (Fsp3) is 0.714. The van der Waals surface area contributed by atoms with Gasteiger partial charge in [0.25, 0.3) is 5.91 Å². The summed E-state index contributed by atoms with van der Waals surface area (Å²) in [6.45, 7) is 9.50. The van der Waals surface area contributed by atoms with E-state index in [0.29, 0.717) is 24.7 Å². The van der Waals surface area contributed by atoms with Crippen LogP contribution in [0.1, 0.15) is 49.8 Å². The highest BCUT2D eigenvalue weighted by atomic mass is 16.5. The Kier molecular flexibility index (Phi) is 5.54. The first kappa shape index (κ1) is 15.7. The minimum atomic E-state index is 0.0419. The van der Waals surface area contributed by atoms with E-state index in [2.05, 4.69) is 18.9 Å². The number of ether oxygens (including phenoxy) is 1. The first-order valence-electron chi connectivity index (χ1n) is 6.89. The number of aromatic nitrogens is 2. The van der Waals surface area contributed by atoms with Crippen LogP contribution in [0.4, 0.5) is 0 Å². The number of likely N-dealkylation sites (tertiary alicyclic amines) is 1. The second-order valence-corrected chi connectivity index (χ2v) is 4.80. The van der Waals surface area contributed by atoms with Gasteiger partial charge >= 0.3 is 0 Å². The van der Waals surface area contributed by atoms with Gasteiger partial charge in [0.15, 0.2) is 0 Å². The van der Waals surface area contributed by atoms with Crippen LogP contribution in [0.2, 0.25) is 0 Å². The van der Waals surface area contributed by atoms with Crippen LogP contribution < -0.4 is 0 Å². The Morgan fingerprint density at radius 1 is 1.42 bits per heavy atom. The standard InChI is InChI=1S/C12H19N3O2.C2H6/c1-8(2)10-5-11(14(3)13-10)12(16)15-6-9(7-15)17-4;1-2/h5,8-9H,6-7H2,1-4H3;1-2H3. The lowest BCUT2D eigenvalue weighted by Gasteiger charge is -2.37. The molecule has 0 unspecified atom stereocenters. The Labute approximate surface area is 115 Å². The number of hydrogen-bond donors (Lipinski definition) is 0. The quantitative estimate of drug-likeness (QED) is 0.842. The molecule has 1 saturated heterocycles. The third-order valence-corrected chi connectivity index (χ3v) is 3.18. The van der Waals surface area contributed by atoms with Crippen LogP contribution in [0.15, 0.2) is 6.07 Å². The van der Waals surface area contributed by atoms with Gasteiger partial charge in [-0.25, -0.2) is 0 Å². The number of nitrogens with zero attached hydrogens (tertiary/aromatic N) is 3. The van der Waals surface area contributed by atoms with Crippen LogP contribution in [-0.4, -0.2) is 46.9 Å². The third-order valence-electron chi connectivity index (χ3n) is 3.18. The molecule has 5 heteroatoms. The van der Waals surface area contributed by atoms with Crippen molar-refractivity contribution in [3.8, 4) is 0 Å². The molecule has 1 aromatic rings. The predicted molar refractivity (Wildman–Crippen MR) is 75.3 cm³/mol. The maximum Gasteiger partial charge on any atom is 0.272 e. The summed E-state index contributed by atoms with van der Waals surface area (Å²) in [6, 6.07) is 1.88. The van der Waals surface area contributed by atoms with E-state index in [1.807, 2.05) is 27.0 Å². The van der Waals surface area contributed by atoms with Gasteiger partial charge in [0, 0.05) is 27.2 Å². The van der Waals surface area contributed by atoms with E-state index in [9.17, 15) is 4.79 Å². The summed E-state index contributed by atoms with van der Waals surface area (Å²) in [5.41, 5.74) is 1.61. The molecule has 0 aliphatic carbocycles. The van der Waals surface area contributed by atoms with Gasteiger partial charge in [-0.15, -0.1) is 0 Å². The summed E-state index contributed by atoms with van der Waals surface area (Å²) in [7, 11) is 3.49. The monoisotopic (exact) mass is 267 g/mol. The van der Waals surface area contributed by atoms with E-state index >= 15 is 0 Å². The zero-order chi connectivity index (χ0) is 14.6. The van der Waals surface area contributed by atoms with Crippen molar-refractivity contribution in [3.63, 3.8) is 0 Å². The second kappa shape index (κ2) is 6.70. The minimum Gasteiger partial charge on any atom is -0.378 e. The smallest absolute Gasteiger partial charge is 0.272 e. The Morgan fingerprint density at radius 2 is 2.00 bits per heavy atom. The van der Waals surface area contributed by atoms with Crippen molar-refractivity contribution in [2.24, 2.45) is 7.05 Å². The highest BCUT2D eigenvalue weighted by Gasteiger charge is 2.32. The minimum absolute atomic E-state index is 0.0419. The molecule has 1 amide bonds. The number of hydrogen-bond acceptors (Lipinski definition) is 3. The van der Waals surface area contributed by atoms with Crippen molar-refractivity contribution >= 4 is 5.91 Å².